The lowest BCUT2D eigenvalue weighted by molar-refractivity contribution is 0.210. The summed E-state index contributed by atoms with van der Waals surface area (Å²) < 4.78 is 30.4. The second-order valence-electron chi connectivity index (χ2n) is 8.07. The molecule has 0 saturated carbocycles. The lowest BCUT2D eigenvalue weighted by Gasteiger charge is -2.18. The molecule has 37 heavy (non-hydrogen) atoms. The molecule has 192 valence electrons. The zero-order valence-electron chi connectivity index (χ0n) is 20.7. The van der Waals surface area contributed by atoms with Crippen molar-refractivity contribution in [2.75, 3.05) is 30.5 Å². The van der Waals surface area contributed by atoms with Gasteiger partial charge in [0.25, 0.3) is 0 Å². The van der Waals surface area contributed by atoms with Gasteiger partial charge < -0.3 is 24.4 Å². The summed E-state index contributed by atoms with van der Waals surface area (Å²) in [5.41, 5.74) is 1.17. The smallest absolute Gasteiger partial charge is 0.409 e. The predicted octanol–water partition coefficient (Wildman–Crippen LogP) is 6.83. The highest BCUT2D eigenvalue weighted by atomic mass is 31.2. The monoisotopic (exact) mass is 521 g/mol. The minimum atomic E-state index is -3.02. The molecule has 10 heteroatoms. The summed E-state index contributed by atoms with van der Waals surface area (Å²) in [6.45, 7) is 6.00. The molecule has 1 heterocycles. The number of hydrogen-bond donors (Lipinski definition) is 3. The Morgan fingerprint density at radius 2 is 1.76 bits per heavy atom. The summed E-state index contributed by atoms with van der Waals surface area (Å²) in [6.07, 6.45) is 0.483. The van der Waals surface area contributed by atoms with Gasteiger partial charge in [0.15, 0.2) is 0 Å². The highest BCUT2D eigenvalue weighted by Gasteiger charge is 2.24. The molecule has 3 aromatic carbocycles. The maximum Gasteiger partial charge on any atom is 0.409 e. The summed E-state index contributed by atoms with van der Waals surface area (Å²) in [7, 11) is -3.02. The number of anilines is 3. The van der Waals surface area contributed by atoms with Gasteiger partial charge in [0.2, 0.25) is 7.37 Å². The van der Waals surface area contributed by atoms with E-state index < -0.39 is 13.5 Å². The second-order valence-corrected chi connectivity index (χ2v) is 10.5. The molecule has 0 spiro atoms. The van der Waals surface area contributed by atoms with Gasteiger partial charge >= 0.3 is 6.09 Å². The first-order chi connectivity index (χ1) is 17.8. The van der Waals surface area contributed by atoms with E-state index in [2.05, 4.69) is 15.6 Å². The molecule has 0 aliphatic carbocycles. The van der Waals surface area contributed by atoms with Crippen molar-refractivity contribution in [1.29, 1.82) is 0 Å². The van der Waals surface area contributed by atoms with Crippen LogP contribution in [0.3, 0.4) is 0 Å². The van der Waals surface area contributed by atoms with Crippen molar-refractivity contribution in [2.24, 2.45) is 0 Å². The molecule has 9 nitrogen and oxygen atoms in total. The zero-order chi connectivity index (χ0) is 26.4. The maximum atomic E-state index is 13.0. The SMILES string of the molecule is CCOc1cc(Nc2cc(Oc3ccc(NC(=O)O)c4ccccc34)ccn2)ccc1P(C)(=O)OCC. The van der Waals surface area contributed by atoms with Gasteiger partial charge in [-0.15, -0.1) is 0 Å². The predicted molar refractivity (Wildman–Crippen MR) is 146 cm³/mol. The van der Waals surface area contributed by atoms with E-state index in [0.717, 1.165) is 10.8 Å². The van der Waals surface area contributed by atoms with E-state index >= 15 is 0 Å². The number of nitrogens with zero attached hydrogens (tertiary/aromatic N) is 1. The minimum Gasteiger partial charge on any atom is -0.493 e. The summed E-state index contributed by atoms with van der Waals surface area (Å²) in [5, 5.41) is 16.8. The Morgan fingerprint density at radius 1 is 0.973 bits per heavy atom. The lowest BCUT2D eigenvalue weighted by atomic mass is 10.1. The molecule has 0 bridgehead atoms. The average Bonchev–Trinajstić information content (AvgIpc) is 2.86. The molecule has 1 amide bonds. The zero-order valence-corrected chi connectivity index (χ0v) is 21.6. The van der Waals surface area contributed by atoms with Crippen LogP contribution in [-0.2, 0) is 9.09 Å². The van der Waals surface area contributed by atoms with E-state index in [1.54, 1.807) is 62.2 Å². The first-order valence-corrected chi connectivity index (χ1v) is 13.8. The Bertz CT molecular complexity index is 1480. The molecule has 4 rings (SSSR count). The number of carbonyl (C=O) groups is 1. The van der Waals surface area contributed by atoms with Crippen molar-refractivity contribution in [2.45, 2.75) is 13.8 Å². The topological polar surface area (TPSA) is 119 Å². The summed E-state index contributed by atoms with van der Waals surface area (Å²) in [6, 6.07) is 19.5. The summed E-state index contributed by atoms with van der Waals surface area (Å²) >= 11 is 0. The first-order valence-electron chi connectivity index (χ1n) is 11.7. The van der Waals surface area contributed by atoms with Gasteiger partial charge in [0, 0.05) is 41.5 Å². The number of carboxylic acid groups (broad SMARTS) is 1. The Kier molecular flexibility index (Phi) is 7.96. The highest BCUT2D eigenvalue weighted by Crippen LogP contribution is 2.45. The Labute approximate surface area is 214 Å². The number of aromatic nitrogens is 1. The number of ether oxygens (including phenoxy) is 2. The average molecular weight is 522 g/mol. The third-order valence-electron chi connectivity index (χ3n) is 5.43. The number of hydrogen-bond acceptors (Lipinski definition) is 7. The molecule has 0 radical (unpaired) electrons. The number of pyridine rings is 1. The standard InChI is InChI=1S/C27H28N3O6P/c1-4-34-24-16-18(10-13-25(24)37(3,33)35-5-2)29-26-17-19(14-15-28-26)36-23-12-11-22(30-27(31)32)20-8-6-7-9-21(20)23/h6-17,30H,4-5H2,1-3H3,(H,28,29)(H,31,32). The molecule has 1 aromatic heterocycles. The maximum absolute atomic E-state index is 13.0. The van der Waals surface area contributed by atoms with Crippen molar-refractivity contribution < 1.29 is 28.5 Å². The molecule has 0 aliphatic heterocycles. The van der Waals surface area contributed by atoms with Crippen molar-refractivity contribution in [1.82, 2.24) is 4.98 Å². The molecule has 1 atom stereocenters. The molecule has 3 N–H and O–H groups in total. The molecule has 0 saturated heterocycles. The van der Waals surface area contributed by atoms with Crippen LogP contribution < -0.4 is 25.4 Å². The first kappa shape index (κ1) is 26.0. The van der Waals surface area contributed by atoms with Gasteiger partial charge in [-0.3, -0.25) is 9.88 Å². The van der Waals surface area contributed by atoms with Gasteiger partial charge in [-0.1, -0.05) is 24.3 Å². The van der Waals surface area contributed by atoms with Crippen molar-refractivity contribution >= 4 is 46.7 Å². The Balaban J connectivity index is 1.59. The van der Waals surface area contributed by atoms with Gasteiger partial charge in [-0.05, 0) is 44.2 Å². The van der Waals surface area contributed by atoms with Gasteiger partial charge in [0.05, 0.1) is 24.2 Å². The van der Waals surface area contributed by atoms with Crippen LogP contribution in [0.2, 0.25) is 0 Å². The molecular weight excluding hydrogens is 493 g/mol. The highest BCUT2D eigenvalue weighted by molar-refractivity contribution is 7.66. The van der Waals surface area contributed by atoms with Crippen LogP contribution in [0.1, 0.15) is 13.8 Å². The third-order valence-corrected chi connectivity index (χ3v) is 7.43. The summed E-state index contributed by atoms with van der Waals surface area (Å²) in [5.74, 6) is 2.13. The Morgan fingerprint density at radius 3 is 2.49 bits per heavy atom. The van der Waals surface area contributed by atoms with Crippen LogP contribution >= 0.6 is 7.37 Å². The summed E-state index contributed by atoms with van der Waals surface area (Å²) in [4.78, 5) is 15.5. The van der Waals surface area contributed by atoms with Crippen LogP contribution in [0.4, 0.5) is 22.0 Å². The van der Waals surface area contributed by atoms with E-state index in [4.69, 9.17) is 19.1 Å². The number of fused-ring (bicyclic) bond motifs is 1. The number of amides is 1. The van der Waals surface area contributed by atoms with Crippen LogP contribution in [0.25, 0.3) is 10.8 Å². The number of rotatable bonds is 10. The van der Waals surface area contributed by atoms with Crippen LogP contribution in [0.5, 0.6) is 17.2 Å². The van der Waals surface area contributed by atoms with E-state index in [9.17, 15) is 9.36 Å². The second kappa shape index (κ2) is 11.3. The van der Waals surface area contributed by atoms with Crippen LogP contribution in [-0.4, -0.2) is 36.1 Å². The molecule has 4 aromatic rings. The molecule has 0 fully saturated rings. The quantitative estimate of drug-likeness (QED) is 0.194. The fourth-order valence-corrected chi connectivity index (χ4v) is 5.42. The van der Waals surface area contributed by atoms with E-state index in [-0.39, 0.29) is 0 Å². The molecule has 0 aliphatic rings. The van der Waals surface area contributed by atoms with Gasteiger partial charge in [-0.2, -0.15) is 0 Å². The number of benzene rings is 3. The molecule has 1 unspecified atom stereocenters. The van der Waals surface area contributed by atoms with Gasteiger partial charge in [-0.25, -0.2) is 9.78 Å². The van der Waals surface area contributed by atoms with Crippen molar-refractivity contribution in [3.63, 3.8) is 0 Å². The minimum absolute atomic E-state index is 0.337. The fourth-order valence-electron chi connectivity index (χ4n) is 3.92. The fraction of sp³-hybridized carbons (Fsp3) is 0.185. The van der Waals surface area contributed by atoms with Crippen LogP contribution in [0.15, 0.2) is 72.9 Å². The van der Waals surface area contributed by atoms with E-state index in [1.807, 2.05) is 31.2 Å². The van der Waals surface area contributed by atoms with E-state index in [1.165, 1.54) is 0 Å². The van der Waals surface area contributed by atoms with Crippen molar-refractivity contribution in [3.8, 4) is 17.2 Å². The van der Waals surface area contributed by atoms with E-state index in [0.29, 0.717) is 53.0 Å². The van der Waals surface area contributed by atoms with Gasteiger partial charge in [0.1, 0.15) is 23.1 Å². The normalized spacial score (nSPS) is 12.5. The lowest BCUT2D eigenvalue weighted by Crippen LogP contribution is -2.12. The van der Waals surface area contributed by atoms with Crippen molar-refractivity contribution in [3.05, 3.63) is 72.9 Å². The number of nitrogens with one attached hydrogen (secondary N) is 2. The third kappa shape index (κ3) is 6.20. The van der Waals surface area contributed by atoms with Crippen LogP contribution in [0, 0.1) is 0 Å². The molecular formula is C27H28N3O6P. The Hall–Kier alpha value is -4.07. The largest absolute Gasteiger partial charge is 0.493 e.